The number of fused-ring (bicyclic) bond motifs is 1. The summed E-state index contributed by atoms with van der Waals surface area (Å²) >= 11 is 0. The third kappa shape index (κ3) is 6.08. The molecule has 3 rings (SSSR count). The number of unbranched alkanes of at least 4 members (excludes halogenated alkanes) is 5. The molecule has 1 aromatic heterocycles. The number of carbonyl (C=O) groups excluding carboxylic acids is 1. The van der Waals surface area contributed by atoms with Gasteiger partial charge in [0.25, 0.3) is 0 Å². The molecule has 1 saturated carbocycles. The topological polar surface area (TPSA) is 65.7 Å². The van der Waals surface area contributed by atoms with Crippen LogP contribution >= 0.6 is 0 Å². The van der Waals surface area contributed by atoms with Gasteiger partial charge in [-0.15, -0.1) is 0 Å². The van der Waals surface area contributed by atoms with Gasteiger partial charge in [-0.2, -0.15) is 0 Å². The van der Waals surface area contributed by atoms with Crippen molar-refractivity contribution in [1.29, 1.82) is 0 Å². The van der Waals surface area contributed by atoms with Crippen molar-refractivity contribution in [2.24, 2.45) is 5.92 Å². The van der Waals surface area contributed by atoms with E-state index < -0.39 is 17.4 Å². The number of methoxy groups -OCH3 is 1. The summed E-state index contributed by atoms with van der Waals surface area (Å²) in [5.41, 5.74) is -0.913. The quantitative estimate of drug-likeness (QED) is 0.321. The summed E-state index contributed by atoms with van der Waals surface area (Å²) in [5.74, 6) is -1.01. The Morgan fingerprint density at radius 2 is 1.81 bits per heavy atom. The SMILES string of the molecule is CCCCCCCCC1CCC(OC(=O)c2cc3ccc(OC)c(F)c3c(=O)o2)CC1. The highest BCUT2D eigenvalue weighted by atomic mass is 19.1. The summed E-state index contributed by atoms with van der Waals surface area (Å²) in [7, 11) is 1.32. The maximum absolute atomic E-state index is 14.3. The van der Waals surface area contributed by atoms with Crippen LogP contribution in [0.25, 0.3) is 10.8 Å². The zero-order valence-electron chi connectivity index (χ0n) is 18.6. The van der Waals surface area contributed by atoms with Crippen LogP contribution in [0.1, 0.15) is 88.1 Å². The van der Waals surface area contributed by atoms with Crippen molar-refractivity contribution in [1.82, 2.24) is 0 Å². The number of rotatable bonds is 10. The molecule has 0 radical (unpaired) electrons. The second-order valence-electron chi connectivity index (χ2n) is 8.55. The fraction of sp³-hybridized carbons (Fsp3) is 0.600. The predicted octanol–water partition coefficient (Wildman–Crippen LogP) is 6.41. The Morgan fingerprint density at radius 3 is 2.52 bits per heavy atom. The Morgan fingerprint density at radius 1 is 1.10 bits per heavy atom. The summed E-state index contributed by atoms with van der Waals surface area (Å²) in [6, 6.07) is 4.29. The van der Waals surface area contributed by atoms with Gasteiger partial charge in [-0.3, -0.25) is 0 Å². The van der Waals surface area contributed by atoms with E-state index in [9.17, 15) is 14.0 Å². The van der Waals surface area contributed by atoms with Gasteiger partial charge in [0, 0.05) is 0 Å². The lowest BCUT2D eigenvalue weighted by atomic mass is 9.84. The Hall–Kier alpha value is -2.37. The first-order valence-electron chi connectivity index (χ1n) is 11.5. The van der Waals surface area contributed by atoms with E-state index >= 15 is 0 Å². The van der Waals surface area contributed by atoms with Gasteiger partial charge in [0.2, 0.25) is 5.76 Å². The Labute approximate surface area is 182 Å². The molecule has 0 atom stereocenters. The molecule has 0 saturated heterocycles. The minimum atomic E-state index is -0.913. The van der Waals surface area contributed by atoms with Crippen molar-refractivity contribution in [3.8, 4) is 5.75 Å². The van der Waals surface area contributed by atoms with Crippen LogP contribution in [-0.4, -0.2) is 19.2 Å². The smallest absolute Gasteiger partial charge is 0.374 e. The number of benzene rings is 1. The molecule has 0 unspecified atom stereocenters. The van der Waals surface area contributed by atoms with Gasteiger partial charge in [-0.1, -0.05) is 57.9 Å². The molecule has 0 aliphatic heterocycles. The van der Waals surface area contributed by atoms with E-state index in [1.165, 1.54) is 70.3 Å². The fourth-order valence-electron chi connectivity index (χ4n) is 4.44. The van der Waals surface area contributed by atoms with Crippen LogP contribution in [0, 0.1) is 11.7 Å². The van der Waals surface area contributed by atoms with Crippen LogP contribution in [0.15, 0.2) is 27.4 Å². The number of carbonyl (C=O) groups is 1. The molecule has 1 aliphatic carbocycles. The summed E-state index contributed by atoms with van der Waals surface area (Å²) in [5, 5.41) is 0.0512. The fourth-order valence-corrected chi connectivity index (χ4v) is 4.44. The average molecular weight is 433 g/mol. The maximum atomic E-state index is 14.3. The van der Waals surface area contributed by atoms with Crippen LogP contribution in [0.2, 0.25) is 0 Å². The molecule has 0 amide bonds. The van der Waals surface area contributed by atoms with Crippen molar-refractivity contribution in [3.05, 3.63) is 40.2 Å². The zero-order chi connectivity index (χ0) is 22.2. The lowest BCUT2D eigenvalue weighted by Crippen LogP contribution is -2.25. The van der Waals surface area contributed by atoms with E-state index in [0.29, 0.717) is 5.92 Å². The third-order valence-corrected chi connectivity index (χ3v) is 6.29. The molecule has 1 fully saturated rings. The van der Waals surface area contributed by atoms with E-state index in [0.717, 1.165) is 25.7 Å². The maximum Gasteiger partial charge on any atom is 0.374 e. The molecule has 0 N–H and O–H groups in total. The van der Waals surface area contributed by atoms with Crippen molar-refractivity contribution in [2.75, 3.05) is 7.11 Å². The monoisotopic (exact) mass is 432 g/mol. The second-order valence-corrected chi connectivity index (χ2v) is 8.55. The Bertz CT molecular complexity index is 927. The molecule has 1 aromatic carbocycles. The first kappa shape index (κ1) is 23.3. The molecular weight excluding hydrogens is 399 g/mol. The minimum absolute atomic E-state index is 0.0483. The average Bonchev–Trinajstić information content (AvgIpc) is 2.77. The number of ether oxygens (including phenoxy) is 2. The van der Waals surface area contributed by atoms with Gasteiger partial charge in [0.15, 0.2) is 11.6 Å². The van der Waals surface area contributed by atoms with Crippen LogP contribution in [0.3, 0.4) is 0 Å². The molecule has 1 heterocycles. The summed E-state index contributed by atoms with van der Waals surface area (Å²) in [6.45, 7) is 2.23. The molecular formula is C25H33FO5. The molecule has 31 heavy (non-hydrogen) atoms. The molecule has 1 aliphatic rings. The first-order valence-corrected chi connectivity index (χ1v) is 11.5. The minimum Gasteiger partial charge on any atom is -0.494 e. The summed E-state index contributed by atoms with van der Waals surface area (Å²) in [4.78, 5) is 24.8. The number of hydrogen-bond donors (Lipinski definition) is 0. The van der Waals surface area contributed by atoms with Crippen molar-refractivity contribution < 1.29 is 23.1 Å². The normalized spacial score (nSPS) is 18.8. The lowest BCUT2D eigenvalue weighted by molar-refractivity contribution is 0.0124. The van der Waals surface area contributed by atoms with Crippen molar-refractivity contribution in [3.63, 3.8) is 0 Å². The molecule has 0 spiro atoms. The van der Waals surface area contributed by atoms with E-state index in [4.69, 9.17) is 13.9 Å². The zero-order valence-corrected chi connectivity index (χ0v) is 18.6. The van der Waals surface area contributed by atoms with Crippen molar-refractivity contribution >= 4 is 16.7 Å². The largest absolute Gasteiger partial charge is 0.494 e. The Balaban J connectivity index is 1.51. The molecule has 0 bridgehead atoms. The van der Waals surface area contributed by atoms with E-state index in [2.05, 4.69) is 6.92 Å². The third-order valence-electron chi connectivity index (χ3n) is 6.29. The van der Waals surface area contributed by atoms with Gasteiger partial charge >= 0.3 is 11.6 Å². The number of halogens is 1. The lowest BCUT2D eigenvalue weighted by Gasteiger charge is -2.28. The van der Waals surface area contributed by atoms with Gasteiger partial charge in [-0.25, -0.2) is 14.0 Å². The van der Waals surface area contributed by atoms with Crippen LogP contribution in [-0.2, 0) is 4.74 Å². The number of esters is 1. The second kappa shape index (κ2) is 11.3. The highest BCUT2D eigenvalue weighted by molar-refractivity contribution is 5.92. The highest BCUT2D eigenvalue weighted by Crippen LogP contribution is 2.31. The molecule has 5 nitrogen and oxygen atoms in total. The Kier molecular flexibility index (Phi) is 8.50. The highest BCUT2D eigenvalue weighted by Gasteiger charge is 2.26. The molecule has 2 aromatic rings. The van der Waals surface area contributed by atoms with Crippen molar-refractivity contribution in [2.45, 2.75) is 83.7 Å². The van der Waals surface area contributed by atoms with Gasteiger partial charge < -0.3 is 13.9 Å². The van der Waals surface area contributed by atoms with Crippen LogP contribution < -0.4 is 10.4 Å². The summed E-state index contributed by atoms with van der Waals surface area (Å²) in [6.07, 6.45) is 12.7. The van der Waals surface area contributed by atoms with Gasteiger partial charge in [0.1, 0.15) is 11.5 Å². The number of hydrogen-bond acceptors (Lipinski definition) is 5. The van der Waals surface area contributed by atoms with Crippen LogP contribution in [0.5, 0.6) is 5.75 Å². The molecule has 6 heteroatoms. The van der Waals surface area contributed by atoms with Crippen LogP contribution in [0.4, 0.5) is 4.39 Å². The van der Waals surface area contributed by atoms with E-state index in [1.54, 1.807) is 0 Å². The predicted molar refractivity (Wildman–Crippen MR) is 118 cm³/mol. The van der Waals surface area contributed by atoms with E-state index in [-0.39, 0.29) is 28.4 Å². The summed E-state index contributed by atoms with van der Waals surface area (Å²) < 4.78 is 29.9. The van der Waals surface area contributed by atoms with Gasteiger partial charge in [-0.05, 0) is 49.1 Å². The van der Waals surface area contributed by atoms with E-state index in [1.807, 2.05) is 0 Å². The van der Waals surface area contributed by atoms with Gasteiger partial charge in [0.05, 0.1) is 7.11 Å². The standard InChI is InChI=1S/C25H33FO5/c1-3-4-5-6-7-8-9-17-10-13-19(14-11-17)30-24(27)21-16-18-12-15-20(29-2)23(26)22(18)25(28)31-21/h12,15-17,19H,3-11,13-14H2,1-2H3. The molecule has 170 valence electrons. The first-order chi connectivity index (χ1) is 15.0.